The summed E-state index contributed by atoms with van der Waals surface area (Å²) in [6, 6.07) is 8.33. The van der Waals surface area contributed by atoms with E-state index in [2.05, 4.69) is 24.4 Å². The molecule has 1 saturated heterocycles. The minimum absolute atomic E-state index is 0.172. The molecule has 1 heterocycles. The molecule has 0 aliphatic carbocycles. The Morgan fingerprint density at radius 3 is 2.56 bits per heavy atom. The summed E-state index contributed by atoms with van der Waals surface area (Å²) >= 11 is 0. The molecule has 1 aromatic rings. The highest BCUT2D eigenvalue weighted by Gasteiger charge is 2.26. The van der Waals surface area contributed by atoms with Gasteiger partial charge < -0.3 is 10.1 Å². The van der Waals surface area contributed by atoms with Gasteiger partial charge in [0, 0.05) is 18.4 Å². The Kier molecular flexibility index (Phi) is 3.13. The first-order valence-corrected chi connectivity index (χ1v) is 5.64. The van der Waals surface area contributed by atoms with Crippen LogP contribution in [0.5, 0.6) is 5.75 Å². The predicted molar refractivity (Wildman–Crippen MR) is 62.6 cm³/mol. The van der Waals surface area contributed by atoms with Crippen LogP contribution in [0.3, 0.4) is 0 Å². The minimum atomic E-state index is 0.172. The summed E-state index contributed by atoms with van der Waals surface area (Å²) in [4.78, 5) is 11.2. The molecule has 1 N–H and O–H groups in total. The van der Waals surface area contributed by atoms with Crippen LogP contribution in [0.1, 0.15) is 31.2 Å². The third kappa shape index (κ3) is 2.18. The molecule has 1 aromatic carbocycles. The number of carbonyl (C=O) groups excluding carboxylic acids is 1. The zero-order valence-corrected chi connectivity index (χ0v) is 9.69. The van der Waals surface area contributed by atoms with Gasteiger partial charge in [0.1, 0.15) is 5.75 Å². The summed E-state index contributed by atoms with van der Waals surface area (Å²) < 4.78 is 5.12. The van der Waals surface area contributed by atoms with Crippen molar-refractivity contribution in [3.63, 3.8) is 0 Å². The number of ether oxygens (including phenoxy) is 1. The van der Waals surface area contributed by atoms with E-state index in [0.717, 1.165) is 12.2 Å². The molecule has 0 saturated carbocycles. The van der Waals surface area contributed by atoms with E-state index >= 15 is 0 Å². The van der Waals surface area contributed by atoms with Gasteiger partial charge in [0.15, 0.2) is 0 Å². The fourth-order valence-corrected chi connectivity index (χ4v) is 2.15. The summed E-state index contributed by atoms with van der Waals surface area (Å²) in [5.41, 5.74) is 1.24. The van der Waals surface area contributed by atoms with E-state index in [1.165, 1.54) is 5.56 Å². The second-order valence-corrected chi connectivity index (χ2v) is 4.27. The zero-order valence-electron chi connectivity index (χ0n) is 9.69. The zero-order chi connectivity index (χ0) is 11.5. The van der Waals surface area contributed by atoms with Gasteiger partial charge in [-0.05, 0) is 24.1 Å². The highest BCUT2D eigenvalue weighted by Crippen LogP contribution is 2.26. The summed E-state index contributed by atoms with van der Waals surface area (Å²) in [7, 11) is 1.66. The maximum atomic E-state index is 11.2. The van der Waals surface area contributed by atoms with Crippen LogP contribution in [0.2, 0.25) is 0 Å². The fraction of sp³-hybridized carbons (Fsp3) is 0.462. The van der Waals surface area contributed by atoms with E-state index < -0.39 is 0 Å². The van der Waals surface area contributed by atoms with Gasteiger partial charge in [-0.25, -0.2) is 0 Å². The smallest absolute Gasteiger partial charge is 0.220 e. The Bertz CT molecular complexity index is 372. The molecule has 86 valence electrons. The third-order valence-corrected chi connectivity index (χ3v) is 3.27. The Morgan fingerprint density at radius 2 is 2.06 bits per heavy atom. The molecule has 1 aliphatic heterocycles. The first-order chi connectivity index (χ1) is 7.70. The minimum Gasteiger partial charge on any atom is -0.497 e. The maximum absolute atomic E-state index is 11.2. The van der Waals surface area contributed by atoms with Crippen molar-refractivity contribution in [3.8, 4) is 5.75 Å². The van der Waals surface area contributed by atoms with Crippen molar-refractivity contribution in [2.24, 2.45) is 0 Å². The molecule has 2 unspecified atom stereocenters. The van der Waals surface area contributed by atoms with Gasteiger partial charge in [0.05, 0.1) is 7.11 Å². The van der Waals surface area contributed by atoms with Crippen LogP contribution in [0.4, 0.5) is 0 Å². The van der Waals surface area contributed by atoms with E-state index in [1.807, 2.05) is 12.1 Å². The van der Waals surface area contributed by atoms with Gasteiger partial charge >= 0.3 is 0 Å². The number of methoxy groups -OCH3 is 1. The number of hydrogen-bond acceptors (Lipinski definition) is 2. The van der Waals surface area contributed by atoms with Crippen LogP contribution in [0, 0.1) is 0 Å². The van der Waals surface area contributed by atoms with E-state index in [0.29, 0.717) is 12.3 Å². The number of hydrogen-bond donors (Lipinski definition) is 1. The Morgan fingerprint density at radius 1 is 1.38 bits per heavy atom. The molecule has 3 heteroatoms. The van der Waals surface area contributed by atoms with Crippen LogP contribution >= 0.6 is 0 Å². The van der Waals surface area contributed by atoms with Crippen LogP contribution in [0.25, 0.3) is 0 Å². The van der Waals surface area contributed by atoms with Crippen molar-refractivity contribution in [2.75, 3.05) is 7.11 Å². The average molecular weight is 219 g/mol. The Hall–Kier alpha value is -1.51. The number of amides is 1. The topological polar surface area (TPSA) is 38.3 Å². The highest BCUT2D eigenvalue weighted by molar-refractivity contribution is 5.78. The maximum Gasteiger partial charge on any atom is 0.220 e. The van der Waals surface area contributed by atoms with E-state index in [9.17, 15) is 4.79 Å². The molecule has 3 nitrogen and oxygen atoms in total. The van der Waals surface area contributed by atoms with Gasteiger partial charge in [0.25, 0.3) is 0 Å². The summed E-state index contributed by atoms with van der Waals surface area (Å²) in [6.45, 7) is 2.15. The van der Waals surface area contributed by atoms with Crippen LogP contribution in [-0.2, 0) is 4.79 Å². The van der Waals surface area contributed by atoms with Gasteiger partial charge in [-0.2, -0.15) is 0 Å². The molecular weight excluding hydrogens is 202 g/mol. The largest absolute Gasteiger partial charge is 0.497 e. The first kappa shape index (κ1) is 11.0. The lowest BCUT2D eigenvalue weighted by Crippen LogP contribution is -2.29. The lowest BCUT2D eigenvalue weighted by atomic mass is 9.92. The van der Waals surface area contributed by atoms with Gasteiger partial charge in [-0.15, -0.1) is 0 Å². The summed E-state index contributed by atoms with van der Waals surface area (Å²) in [5.74, 6) is 1.40. The molecule has 1 amide bonds. The molecule has 2 atom stereocenters. The quantitative estimate of drug-likeness (QED) is 0.845. The second-order valence-electron chi connectivity index (χ2n) is 4.27. The van der Waals surface area contributed by atoms with Crippen molar-refractivity contribution in [1.29, 1.82) is 0 Å². The highest BCUT2D eigenvalue weighted by atomic mass is 16.5. The lowest BCUT2D eigenvalue weighted by molar-refractivity contribution is -0.119. The normalized spacial score (nSPS) is 21.6. The predicted octanol–water partition coefficient (Wildman–Crippen LogP) is 2.08. The fourth-order valence-electron chi connectivity index (χ4n) is 2.15. The van der Waals surface area contributed by atoms with Crippen LogP contribution < -0.4 is 10.1 Å². The molecule has 2 rings (SSSR count). The number of carbonyl (C=O) groups is 1. The standard InChI is InChI=1S/C13H17NO2/c1-9(12-7-8-13(15)14-12)10-3-5-11(16-2)6-4-10/h3-6,9,12H,7-8H2,1-2H3,(H,14,15). The second kappa shape index (κ2) is 4.56. The Balaban J connectivity index is 2.08. The molecule has 0 radical (unpaired) electrons. The Labute approximate surface area is 95.8 Å². The molecule has 1 fully saturated rings. The molecule has 16 heavy (non-hydrogen) atoms. The molecule has 1 aliphatic rings. The molecular formula is C13H17NO2. The number of nitrogens with one attached hydrogen (secondary N) is 1. The number of benzene rings is 1. The van der Waals surface area contributed by atoms with Gasteiger partial charge in [0.2, 0.25) is 5.91 Å². The van der Waals surface area contributed by atoms with Crippen LogP contribution in [-0.4, -0.2) is 19.1 Å². The average Bonchev–Trinajstić information content (AvgIpc) is 2.75. The molecule has 0 bridgehead atoms. The van der Waals surface area contributed by atoms with E-state index in [-0.39, 0.29) is 11.9 Å². The van der Waals surface area contributed by atoms with Crippen molar-refractivity contribution >= 4 is 5.91 Å². The van der Waals surface area contributed by atoms with Crippen LogP contribution in [0.15, 0.2) is 24.3 Å². The summed E-state index contributed by atoms with van der Waals surface area (Å²) in [6.07, 6.45) is 1.59. The van der Waals surface area contributed by atoms with E-state index in [4.69, 9.17) is 4.74 Å². The monoisotopic (exact) mass is 219 g/mol. The molecule has 0 spiro atoms. The van der Waals surface area contributed by atoms with Crippen molar-refractivity contribution < 1.29 is 9.53 Å². The van der Waals surface area contributed by atoms with Crippen molar-refractivity contribution in [2.45, 2.75) is 31.7 Å². The van der Waals surface area contributed by atoms with Crippen molar-refractivity contribution in [3.05, 3.63) is 29.8 Å². The molecule has 0 aromatic heterocycles. The lowest BCUT2D eigenvalue weighted by Gasteiger charge is -2.19. The van der Waals surface area contributed by atoms with Gasteiger partial charge in [-0.3, -0.25) is 4.79 Å². The number of rotatable bonds is 3. The van der Waals surface area contributed by atoms with Crippen molar-refractivity contribution in [1.82, 2.24) is 5.32 Å². The first-order valence-electron chi connectivity index (χ1n) is 5.64. The SMILES string of the molecule is COc1ccc(C(C)C2CCC(=O)N2)cc1. The third-order valence-electron chi connectivity index (χ3n) is 3.27. The van der Waals surface area contributed by atoms with Gasteiger partial charge in [-0.1, -0.05) is 19.1 Å². The summed E-state index contributed by atoms with van der Waals surface area (Å²) in [5, 5.41) is 3.01. The van der Waals surface area contributed by atoms with E-state index in [1.54, 1.807) is 7.11 Å².